The summed E-state index contributed by atoms with van der Waals surface area (Å²) in [5.74, 6) is -0.0960. The van der Waals surface area contributed by atoms with E-state index >= 15 is 0 Å². The van der Waals surface area contributed by atoms with Crippen molar-refractivity contribution >= 4 is 21.6 Å². The third-order valence-corrected chi connectivity index (χ3v) is 5.24. The van der Waals surface area contributed by atoms with Crippen molar-refractivity contribution < 1.29 is 13.2 Å². The van der Waals surface area contributed by atoms with E-state index in [1.807, 2.05) is 24.3 Å². The molecule has 0 unspecified atom stereocenters. The highest BCUT2D eigenvalue weighted by molar-refractivity contribution is 7.89. The maximum absolute atomic E-state index is 12.1. The lowest BCUT2D eigenvalue weighted by Crippen LogP contribution is -2.35. The van der Waals surface area contributed by atoms with Crippen LogP contribution in [-0.4, -0.2) is 26.6 Å². The molecule has 0 heterocycles. The molecule has 2 aromatic rings. The Morgan fingerprint density at radius 3 is 2.23 bits per heavy atom. The summed E-state index contributed by atoms with van der Waals surface area (Å²) in [6.45, 7) is 5.62. The summed E-state index contributed by atoms with van der Waals surface area (Å²) in [7, 11) is -3.72. The molecular formula is C19H23N3O3S. The largest absolute Gasteiger partial charge is 0.272 e. The van der Waals surface area contributed by atoms with Gasteiger partial charge in [0, 0.05) is 0 Å². The zero-order valence-electron chi connectivity index (χ0n) is 15.1. The molecule has 2 rings (SSSR count). The van der Waals surface area contributed by atoms with Gasteiger partial charge in [-0.25, -0.2) is 18.6 Å². The number of carbonyl (C=O) groups is 1. The Bertz CT molecular complexity index is 874. The quantitative estimate of drug-likeness (QED) is 0.578. The number of hydrazone groups is 1. The van der Waals surface area contributed by atoms with Crippen LogP contribution in [0.5, 0.6) is 0 Å². The SMILES string of the molecule is C/C(=N/NC(=O)CNS(=O)(=O)c1ccccc1)c1ccc(C(C)C)cc1. The van der Waals surface area contributed by atoms with Gasteiger partial charge in [-0.1, -0.05) is 56.3 Å². The van der Waals surface area contributed by atoms with Crippen LogP contribution in [-0.2, 0) is 14.8 Å². The fourth-order valence-electron chi connectivity index (χ4n) is 2.20. The number of rotatable bonds is 7. The van der Waals surface area contributed by atoms with Crippen LogP contribution in [0.3, 0.4) is 0 Å². The van der Waals surface area contributed by atoms with Crippen molar-refractivity contribution in [3.63, 3.8) is 0 Å². The Morgan fingerprint density at radius 1 is 1.04 bits per heavy atom. The first kappa shape index (κ1) is 19.8. The molecule has 6 nitrogen and oxygen atoms in total. The van der Waals surface area contributed by atoms with Crippen molar-refractivity contribution in [2.75, 3.05) is 6.54 Å². The van der Waals surface area contributed by atoms with Gasteiger partial charge in [-0.2, -0.15) is 5.10 Å². The molecule has 0 spiro atoms. The Kier molecular flexibility index (Phi) is 6.65. The zero-order chi connectivity index (χ0) is 19.2. The minimum Gasteiger partial charge on any atom is -0.272 e. The first-order chi connectivity index (χ1) is 12.3. The molecule has 26 heavy (non-hydrogen) atoms. The van der Waals surface area contributed by atoms with E-state index in [4.69, 9.17) is 0 Å². The molecule has 0 aliphatic rings. The predicted molar refractivity (Wildman–Crippen MR) is 103 cm³/mol. The summed E-state index contributed by atoms with van der Waals surface area (Å²) in [5, 5.41) is 4.02. The summed E-state index contributed by atoms with van der Waals surface area (Å²) in [5.41, 5.74) is 5.11. The van der Waals surface area contributed by atoms with Gasteiger partial charge in [0.2, 0.25) is 10.0 Å². The fraction of sp³-hybridized carbons (Fsp3) is 0.263. The Morgan fingerprint density at radius 2 is 1.65 bits per heavy atom. The van der Waals surface area contributed by atoms with Crippen molar-refractivity contribution in [3.05, 3.63) is 65.7 Å². The smallest absolute Gasteiger partial charge is 0.255 e. The Balaban J connectivity index is 1.92. The highest BCUT2D eigenvalue weighted by Gasteiger charge is 2.14. The van der Waals surface area contributed by atoms with Gasteiger partial charge in [-0.05, 0) is 36.1 Å². The van der Waals surface area contributed by atoms with Gasteiger partial charge >= 0.3 is 0 Å². The molecule has 7 heteroatoms. The molecule has 0 bridgehead atoms. The van der Waals surface area contributed by atoms with Crippen molar-refractivity contribution in [1.29, 1.82) is 0 Å². The molecule has 0 saturated heterocycles. The van der Waals surface area contributed by atoms with Crippen LogP contribution in [0.4, 0.5) is 0 Å². The number of carbonyl (C=O) groups excluding carboxylic acids is 1. The molecule has 138 valence electrons. The lowest BCUT2D eigenvalue weighted by Gasteiger charge is -2.08. The number of hydrogen-bond donors (Lipinski definition) is 2. The van der Waals surface area contributed by atoms with Crippen LogP contribution in [0, 0.1) is 0 Å². The maximum atomic E-state index is 12.1. The third-order valence-electron chi connectivity index (χ3n) is 3.82. The number of nitrogens with one attached hydrogen (secondary N) is 2. The monoisotopic (exact) mass is 373 g/mol. The van der Waals surface area contributed by atoms with Crippen LogP contribution < -0.4 is 10.1 Å². The highest BCUT2D eigenvalue weighted by atomic mass is 32.2. The summed E-state index contributed by atoms with van der Waals surface area (Å²) in [4.78, 5) is 12.0. The van der Waals surface area contributed by atoms with Crippen LogP contribution in [0.15, 0.2) is 64.6 Å². The van der Waals surface area contributed by atoms with E-state index < -0.39 is 15.9 Å². The predicted octanol–water partition coefficient (Wildman–Crippen LogP) is 2.63. The lowest BCUT2D eigenvalue weighted by molar-refractivity contribution is -0.119. The van der Waals surface area contributed by atoms with Gasteiger partial charge < -0.3 is 0 Å². The van der Waals surface area contributed by atoms with E-state index in [0.29, 0.717) is 11.6 Å². The molecule has 0 aliphatic carbocycles. The van der Waals surface area contributed by atoms with E-state index in [0.717, 1.165) is 5.56 Å². The van der Waals surface area contributed by atoms with Gasteiger partial charge in [0.15, 0.2) is 0 Å². The van der Waals surface area contributed by atoms with Gasteiger partial charge in [0.25, 0.3) is 5.91 Å². The minimum absolute atomic E-state index is 0.109. The van der Waals surface area contributed by atoms with Crippen LogP contribution in [0.25, 0.3) is 0 Å². The van der Waals surface area contributed by atoms with E-state index in [2.05, 4.69) is 29.1 Å². The molecule has 0 saturated carbocycles. The van der Waals surface area contributed by atoms with Gasteiger partial charge in [0.1, 0.15) is 0 Å². The first-order valence-corrected chi connectivity index (χ1v) is 9.76. The standard InChI is InChI=1S/C19H23N3O3S/c1-14(2)16-9-11-17(12-10-16)15(3)21-22-19(23)13-20-26(24,25)18-7-5-4-6-8-18/h4-12,14,20H,13H2,1-3H3,(H,22,23)/b21-15-. The molecule has 0 fully saturated rings. The normalized spacial score (nSPS) is 12.2. The first-order valence-electron chi connectivity index (χ1n) is 8.28. The van der Waals surface area contributed by atoms with E-state index in [9.17, 15) is 13.2 Å². The van der Waals surface area contributed by atoms with Gasteiger partial charge in [0.05, 0.1) is 17.2 Å². The molecule has 0 radical (unpaired) electrons. The summed E-state index contributed by atoms with van der Waals surface area (Å²) >= 11 is 0. The third kappa shape index (κ3) is 5.50. The average Bonchev–Trinajstić information content (AvgIpc) is 2.65. The van der Waals surface area contributed by atoms with E-state index in [1.54, 1.807) is 25.1 Å². The molecular weight excluding hydrogens is 350 g/mol. The fourth-order valence-corrected chi connectivity index (χ4v) is 3.21. The topological polar surface area (TPSA) is 87.6 Å². The Labute approximate surface area is 154 Å². The molecule has 1 amide bonds. The van der Waals surface area contributed by atoms with Crippen molar-refractivity contribution in [3.8, 4) is 0 Å². The lowest BCUT2D eigenvalue weighted by atomic mass is 10.0. The number of amides is 1. The zero-order valence-corrected chi connectivity index (χ0v) is 15.9. The van der Waals surface area contributed by atoms with Crippen molar-refractivity contribution in [2.45, 2.75) is 31.6 Å². The van der Waals surface area contributed by atoms with Crippen LogP contribution in [0.1, 0.15) is 37.8 Å². The number of nitrogens with zero attached hydrogens (tertiary/aromatic N) is 1. The molecule has 0 aromatic heterocycles. The maximum Gasteiger partial charge on any atom is 0.255 e. The summed E-state index contributed by atoms with van der Waals surface area (Å²) in [6.07, 6.45) is 0. The number of hydrogen-bond acceptors (Lipinski definition) is 4. The van der Waals surface area contributed by atoms with Gasteiger partial charge in [-0.3, -0.25) is 4.79 Å². The second-order valence-electron chi connectivity index (χ2n) is 6.15. The molecule has 0 aliphatic heterocycles. The van der Waals surface area contributed by atoms with Crippen molar-refractivity contribution in [2.24, 2.45) is 5.10 Å². The van der Waals surface area contributed by atoms with Crippen molar-refractivity contribution in [1.82, 2.24) is 10.1 Å². The minimum atomic E-state index is -3.72. The summed E-state index contributed by atoms with van der Waals surface area (Å²) in [6, 6.07) is 15.8. The summed E-state index contributed by atoms with van der Waals surface area (Å²) < 4.78 is 26.4. The van der Waals surface area contributed by atoms with Crippen LogP contribution in [0.2, 0.25) is 0 Å². The van der Waals surface area contributed by atoms with E-state index in [1.165, 1.54) is 17.7 Å². The second kappa shape index (κ2) is 8.73. The Hall–Kier alpha value is -2.51. The van der Waals surface area contributed by atoms with Crippen LogP contribution >= 0.6 is 0 Å². The average molecular weight is 373 g/mol. The second-order valence-corrected chi connectivity index (χ2v) is 7.91. The molecule has 2 aromatic carbocycles. The number of benzene rings is 2. The van der Waals surface area contributed by atoms with E-state index in [-0.39, 0.29) is 11.4 Å². The number of sulfonamides is 1. The highest BCUT2D eigenvalue weighted by Crippen LogP contribution is 2.15. The molecule has 2 N–H and O–H groups in total. The molecule has 0 atom stereocenters. The van der Waals surface area contributed by atoms with Gasteiger partial charge in [-0.15, -0.1) is 0 Å².